The highest BCUT2D eigenvalue weighted by Gasteiger charge is 2.06. The molecule has 0 aliphatic carbocycles. The van der Waals surface area contributed by atoms with Gasteiger partial charge >= 0.3 is 0 Å². The van der Waals surface area contributed by atoms with E-state index in [0.717, 1.165) is 16.6 Å². The highest BCUT2D eigenvalue weighted by Crippen LogP contribution is 2.20. The summed E-state index contributed by atoms with van der Waals surface area (Å²) in [7, 11) is 0. The second kappa shape index (κ2) is 7.29. The lowest BCUT2D eigenvalue weighted by Gasteiger charge is -2.03. The van der Waals surface area contributed by atoms with Crippen LogP contribution in [0.1, 0.15) is 29.6 Å². The van der Waals surface area contributed by atoms with Crippen molar-refractivity contribution in [2.45, 2.75) is 19.3 Å². The molecule has 5 nitrogen and oxygen atoms in total. The minimum Gasteiger partial charge on any atom is -0.409 e. The van der Waals surface area contributed by atoms with Gasteiger partial charge in [0.2, 0.25) is 0 Å². The number of unbranched alkanes of at least 4 members (excludes halogenated alkanes) is 1. The Labute approximate surface area is 112 Å². The Balaban J connectivity index is 2.17. The monoisotopic (exact) mass is 319 g/mol. The van der Waals surface area contributed by atoms with Crippen molar-refractivity contribution >= 4 is 39.0 Å². The summed E-state index contributed by atoms with van der Waals surface area (Å²) in [6.45, 7) is 0.588. The maximum Gasteiger partial charge on any atom is 0.252 e. The first-order valence-corrected chi connectivity index (χ1v) is 6.79. The van der Waals surface area contributed by atoms with Crippen LogP contribution < -0.4 is 11.1 Å². The van der Waals surface area contributed by atoms with Crippen molar-refractivity contribution < 1.29 is 10.0 Å². The van der Waals surface area contributed by atoms with E-state index in [0.29, 0.717) is 18.5 Å². The number of rotatable bonds is 6. The smallest absolute Gasteiger partial charge is 0.252 e. The standard InChI is InChI=1S/C10H14BrN3O2S/c11-8-5-7(6-17-8)10(15)13-4-2-1-3-9(12)14-16/h5-6,16H,1-4H2,(H2,12,14)(H,13,15). The first kappa shape index (κ1) is 14.0. The van der Waals surface area contributed by atoms with E-state index in [-0.39, 0.29) is 11.7 Å². The predicted molar refractivity (Wildman–Crippen MR) is 71.6 cm³/mol. The number of nitrogens with zero attached hydrogens (tertiary/aromatic N) is 1. The summed E-state index contributed by atoms with van der Waals surface area (Å²) in [4.78, 5) is 11.6. The van der Waals surface area contributed by atoms with Crippen LogP contribution in [0.3, 0.4) is 0 Å². The fourth-order valence-electron chi connectivity index (χ4n) is 1.21. The summed E-state index contributed by atoms with van der Waals surface area (Å²) in [6, 6.07) is 1.79. The average molecular weight is 320 g/mol. The molecule has 0 radical (unpaired) electrons. The van der Waals surface area contributed by atoms with Crippen LogP contribution in [0.4, 0.5) is 0 Å². The third-order valence-electron chi connectivity index (χ3n) is 2.10. The summed E-state index contributed by atoms with van der Waals surface area (Å²) in [6.07, 6.45) is 2.12. The average Bonchev–Trinajstić information content (AvgIpc) is 2.75. The Kier molecular flexibility index (Phi) is 5.99. The zero-order valence-corrected chi connectivity index (χ0v) is 11.6. The first-order chi connectivity index (χ1) is 8.13. The second-order valence-electron chi connectivity index (χ2n) is 3.44. The molecule has 1 amide bonds. The van der Waals surface area contributed by atoms with Gasteiger partial charge in [0.05, 0.1) is 9.35 Å². The zero-order valence-electron chi connectivity index (χ0n) is 9.15. The van der Waals surface area contributed by atoms with Crippen molar-refractivity contribution in [2.75, 3.05) is 6.54 Å². The SMILES string of the molecule is NC(CCCCNC(=O)c1csc(Br)c1)=NO. The van der Waals surface area contributed by atoms with Crippen LogP contribution in [0.15, 0.2) is 20.4 Å². The molecule has 0 atom stereocenters. The second-order valence-corrected chi connectivity index (χ2v) is 5.73. The molecule has 94 valence electrons. The normalized spacial score (nSPS) is 11.5. The van der Waals surface area contributed by atoms with Crippen LogP contribution in [-0.2, 0) is 0 Å². The molecule has 0 saturated carbocycles. The van der Waals surface area contributed by atoms with Crippen molar-refractivity contribution in [1.29, 1.82) is 0 Å². The fourth-order valence-corrected chi connectivity index (χ4v) is 2.35. The molecular formula is C10H14BrN3O2S. The maximum absolute atomic E-state index is 11.6. The molecule has 1 rings (SSSR count). The molecule has 0 bridgehead atoms. The van der Waals surface area contributed by atoms with Crippen molar-refractivity contribution in [2.24, 2.45) is 10.9 Å². The van der Waals surface area contributed by atoms with Crippen molar-refractivity contribution in [3.05, 3.63) is 20.8 Å². The van der Waals surface area contributed by atoms with Gasteiger partial charge in [-0.05, 0) is 34.8 Å². The summed E-state index contributed by atoms with van der Waals surface area (Å²) < 4.78 is 0.939. The number of thiophene rings is 1. The minimum absolute atomic E-state index is 0.0734. The maximum atomic E-state index is 11.6. The van der Waals surface area contributed by atoms with Gasteiger partial charge in [-0.15, -0.1) is 11.3 Å². The molecule has 0 spiro atoms. The van der Waals surface area contributed by atoms with Gasteiger partial charge in [0.1, 0.15) is 5.84 Å². The van der Waals surface area contributed by atoms with Crippen molar-refractivity contribution in [1.82, 2.24) is 5.32 Å². The number of hydrogen-bond donors (Lipinski definition) is 3. The van der Waals surface area contributed by atoms with Crippen LogP contribution in [0, 0.1) is 0 Å². The van der Waals surface area contributed by atoms with Gasteiger partial charge in [0, 0.05) is 18.3 Å². The van der Waals surface area contributed by atoms with Gasteiger partial charge in [0.25, 0.3) is 5.91 Å². The molecule has 1 aromatic heterocycles. The molecule has 4 N–H and O–H groups in total. The molecule has 0 saturated heterocycles. The highest BCUT2D eigenvalue weighted by molar-refractivity contribution is 9.11. The number of amides is 1. The van der Waals surface area contributed by atoms with Gasteiger partial charge in [-0.25, -0.2) is 0 Å². The zero-order chi connectivity index (χ0) is 12.7. The van der Waals surface area contributed by atoms with Gasteiger partial charge in [-0.2, -0.15) is 0 Å². The number of carbonyl (C=O) groups is 1. The number of oxime groups is 1. The fraction of sp³-hybridized carbons (Fsp3) is 0.400. The van der Waals surface area contributed by atoms with Crippen LogP contribution in [-0.4, -0.2) is 23.5 Å². The Morgan fingerprint density at radius 1 is 1.59 bits per heavy atom. The Morgan fingerprint density at radius 3 is 2.94 bits per heavy atom. The molecule has 7 heteroatoms. The van der Waals surface area contributed by atoms with Crippen LogP contribution in [0.25, 0.3) is 0 Å². The lowest BCUT2D eigenvalue weighted by molar-refractivity contribution is 0.0953. The summed E-state index contributed by atoms with van der Waals surface area (Å²) in [5.74, 6) is 0.147. The Bertz CT molecular complexity index is 406. The molecule has 0 aliphatic heterocycles. The third-order valence-corrected chi connectivity index (χ3v) is 3.61. The summed E-state index contributed by atoms with van der Waals surface area (Å²) >= 11 is 4.78. The summed E-state index contributed by atoms with van der Waals surface area (Å²) in [5.41, 5.74) is 5.98. The quantitative estimate of drug-likeness (QED) is 0.247. The van der Waals surface area contributed by atoms with E-state index in [1.165, 1.54) is 11.3 Å². The van der Waals surface area contributed by atoms with E-state index in [1.807, 2.05) is 0 Å². The number of carbonyl (C=O) groups excluding carboxylic acids is 1. The van der Waals surface area contributed by atoms with E-state index in [2.05, 4.69) is 26.4 Å². The largest absolute Gasteiger partial charge is 0.409 e. The molecule has 0 unspecified atom stereocenters. The third kappa shape index (κ3) is 5.18. The molecule has 0 fully saturated rings. The van der Waals surface area contributed by atoms with Crippen LogP contribution in [0.2, 0.25) is 0 Å². The lowest BCUT2D eigenvalue weighted by atomic mass is 10.2. The molecule has 17 heavy (non-hydrogen) atoms. The Hall–Kier alpha value is -1.08. The lowest BCUT2D eigenvalue weighted by Crippen LogP contribution is -2.24. The van der Waals surface area contributed by atoms with Gasteiger partial charge in [-0.3, -0.25) is 4.79 Å². The first-order valence-electron chi connectivity index (χ1n) is 5.12. The molecular weight excluding hydrogens is 306 g/mol. The minimum atomic E-state index is -0.0734. The van der Waals surface area contributed by atoms with Crippen molar-refractivity contribution in [3.63, 3.8) is 0 Å². The van der Waals surface area contributed by atoms with E-state index < -0.39 is 0 Å². The van der Waals surface area contributed by atoms with E-state index in [9.17, 15) is 4.79 Å². The van der Waals surface area contributed by atoms with Crippen molar-refractivity contribution in [3.8, 4) is 0 Å². The number of nitrogens with one attached hydrogen (secondary N) is 1. The van der Waals surface area contributed by atoms with E-state index >= 15 is 0 Å². The van der Waals surface area contributed by atoms with E-state index in [4.69, 9.17) is 10.9 Å². The van der Waals surface area contributed by atoms with Gasteiger partial charge < -0.3 is 16.3 Å². The predicted octanol–water partition coefficient (Wildman–Crippen LogP) is 2.16. The molecule has 1 heterocycles. The number of nitrogens with two attached hydrogens (primary N) is 1. The number of amidine groups is 1. The molecule has 0 aromatic carbocycles. The van der Waals surface area contributed by atoms with Gasteiger partial charge in [-0.1, -0.05) is 5.16 Å². The molecule has 1 aromatic rings. The van der Waals surface area contributed by atoms with Crippen LogP contribution in [0.5, 0.6) is 0 Å². The van der Waals surface area contributed by atoms with Gasteiger partial charge in [0.15, 0.2) is 0 Å². The number of hydrogen-bond acceptors (Lipinski definition) is 4. The highest BCUT2D eigenvalue weighted by atomic mass is 79.9. The Morgan fingerprint density at radius 2 is 2.35 bits per heavy atom. The topological polar surface area (TPSA) is 87.7 Å². The summed E-state index contributed by atoms with van der Waals surface area (Å²) in [5, 5.41) is 15.8. The number of halogens is 1. The van der Waals surface area contributed by atoms with Crippen LogP contribution >= 0.6 is 27.3 Å². The molecule has 0 aliphatic rings. The van der Waals surface area contributed by atoms with E-state index in [1.54, 1.807) is 11.4 Å².